The lowest BCUT2D eigenvalue weighted by atomic mass is 10.5. The van der Waals surface area contributed by atoms with E-state index >= 15 is 0 Å². The molecule has 0 radical (unpaired) electrons. The molecule has 0 unspecified atom stereocenters. The first-order valence-electron chi connectivity index (χ1n) is 4.11. The number of hydrogen-bond acceptors (Lipinski definition) is 2. The molecule has 0 amide bonds. The second kappa shape index (κ2) is 4.54. The number of carbonyl (C=O) groups excluding carboxylic acids is 1. The zero-order chi connectivity index (χ0) is 8.91. The van der Waals surface area contributed by atoms with E-state index < -0.39 is 8.07 Å². The Hall–Kier alpha value is -0.313. The molecule has 0 atom stereocenters. The average Bonchev–Trinajstić information content (AvgIpc) is 1.85. The number of hydrogen-bond donors (Lipinski definition) is 0. The van der Waals surface area contributed by atoms with Crippen molar-refractivity contribution in [2.45, 2.75) is 39.0 Å². The standard InChI is InChI=1S/C8H18O2Si/c1-5-8(9)10-6-7-11(2,3)4/h5-7H2,1-4H3. The molecule has 0 spiro atoms. The van der Waals surface area contributed by atoms with Crippen LogP contribution < -0.4 is 0 Å². The van der Waals surface area contributed by atoms with Crippen LogP contribution in [0.2, 0.25) is 25.7 Å². The van der Waals surface area contributed by atoms with Crippen LogP contribution in [-0.4, -0.2) is 20.7 Å². The molecule has 0 rings (SSSR count). The third-order valence-corrected chi connectivity index (χ3v) is 3.11. The Labute approximate surface area is 69.9 Å². The molecule has 0 aliphatic carbocycles. The summed E-state index contributed by atoms with van der Waals surface area (Å²) in [6, 6.07) is 1.07. The maximum Gasteiger partial charge on any atom is 0.305 e. The molecule has 0 fully saturated rings. The first-order valence-corrected chi connectivity index (χ1v) is 7.82. The van der Waals surface area contributed by atoms with Crippen LogP contribution in [0.4, 0.5) is 0 Å². The van der Waals surface area contributed by atoms with Gasteiger partial charge in [0.25, 0.3) is 0 Å². The van der Waals surface area contributed by atoms with Crippen molar-refractivity contribution in [2.75, 3.05) is 6.61 Å². The van der Waals surface area contributed by atoms with Crippen LogP contribution in [-0.2, 0) is 9.53 Å². The molecule has 3 heteroatoms. The van der Waals surface area contributed by atoms with E-state index in [2.05, 4.69) is 19.6 Å². The average molecular weight is 174 g/mol. The van der Waals surface area contributed by atoms with E-state index in [4.69, 9.17) is 4.74 Å². The SMILES string of the molecule is CCC(=O)OCC[Si](C)(C)C. The van der Waals surface area contributed by atoms with Gasteiger partial charge in [-0.05, 0) is 6.04 Å². The minimum Gasteiger partial charge on any atom is -0.466 e. The summed E-state index contributed by atoms with van der Waals surface area (Å²) in [6.07, 6.45) is 0.492. The summed E-state index contributed by atoms with van der Waals surface area (Å²) in [5.74, 6) is -0.0803. The third kappa shape index (κ3) is 7.59. The molecule has 0 aliphatic heterocycles. The fourth-order valence-corrected chi connectivity index (χ4v) is 1.29. The number of esters is 1. The van der Waals surface area contributed by atoms with Gasteiger partial charge in [-0.2, -0.15) is 0 Å². The molecule has 0 saturated carbocycles. The normalized spacial score (nSPS) is 11.3. The van der Waals surface area contributed by atoms with E-state index in [0.717, 1.165) is 6.04 Å². The van der Waals surface area contributed by atoms with Gasteiger partial charge in [0, 0.05) is 14.5 Å². The highest BCUT2D eigenvalue weighted by Crippen LogP contribution is 2.07. The molecule has 0 saturated heterocycles. The van der Waals surface area contributed by atoms with E-state index in [0.29, 0.717) is 13.0 Å². The summed E-state index contributed by atoms with van der Waals surface area (Å²) >= 11 is 0. The lowest BCUT2D eigenvalue weighted by Gasteiger charge is -2.14. The van der Waals surface area contributed by atoms with Gasteiger partial charge >= 0.3 is 5.97 Å². The van der Waals surface area contributed by atoms with Crippen molar-refractivity contribution < 1.29 is 9.53 Å². The Morgan fingerprint density at radius 1 is 1.36 bits per heavy atom. The van der Waals surface area contributed by atoms with Crippen LogP contribution in [0.25, 0.3) is 0 Å². The zero-order valence-corrected chi connectivity index (χ0v) is 8.94. The van der Waals surface area contributed by atoms with Gasteiger partial charge in [0.15, 0.2) is 0 Å². The predicted octanol–water partition coefficient (Wildman–Crippen LogP) is 2.28. The lowest BCUT2D eigenvalue weighted by Crippen LogP contribution is -2.22. The maximum absolute atomic E-state index is 10.7. The largest absolute Gasteiger partial charge is 0.466 e. The summed E-state index contributed by atoms with van der Waals surface area (Å²) in [5.41, 5.74) is 0. The van der Waals surface area contributed by atoms with Crippen molar-refractivity contribution in [3.05, 3.63) is 0 Å². The van der Waals surface area contributed by atoms with Crippen LogP contribution in [0.5, 0.6) is 0 Å². The van der Waals surface area contributed by atoms with Crippen molar-refractivity contribution >= 4 is 14.0 Å². The van der Waals surface area contributed by atoms with Crippen LogP contribution in [0.1, 0.15) is 13.3 Å². The summed E-state index contributed by atoms with van der Waals surface area (Å²) in [6.45, 7) is 9.24. The minimum atomic E-state index is -1.01. The third-order valence-electron chi connectivity index (χ3n) is 1.40. The topological polar surface area (TPSA) is 26.3 Å². The molecule has 0 heterocycles. The van der Waals surface area contributed by atoms with Gasteiger partial charge in [-0.1, -0.05) is 26.6 Å². The molecule has 0 aromatic rings. The highest BCUT2D eigenvalue weighted by molar-refractivity contribution is 6.76. The molecule has 0 bridgehead atoms. The van der Waals surface area contributed by atoms with Gasteiger partial charge in [0.05, 0.1) is 6.61 Å². The second-order valence-electron chi connectivity index (χ2n) is 3.88. The Morgan fingerprint density at radius 3 is 2.27 bits per heavy atom. The Morgan fingerprint density at radius 2 is 1.91 bits per heavy atom. The van der Waals surface area contributed by atoms with Crippen LogP contribution in [0.3, 0.4) is 0 Å². The zero-order valence-electron chi connectivity index (χ0n) is 7.94. The molecule has 0 aliphatic rings. The molecule has 2 nitrogen and oxygen atoms in total. The van der Waals surface area contributed by atoms with Gasteiger partial charge in [-0.15, -0.1) is 0 Å². The number of rotatable bonds is 4. The Balaban J connectivity index is 3.35. The molecular weight excluding hydrogens is 156 g/mol. The molecule has 66 valence electrons. The van der Waals surface area contributed by atoms with Crippen molar-refractivity contribution in [3.63, 3.8) is 0 Å². The van der Waals surface area contributed by atoms with Crippen molar-refractivity contribution in [1.29, 1.82) is 0 Å². The molecule has 11 heavy (non-hydrogen) atoms. The van der Waals surface area contributed by atoms with Crippen molar-refractivity contribution in [2.24, 2.45) is 0 Å². The first kappa shape index (κ1) is 10.7. The fraction of sp³-hybridized carbons (Fsp3) is 0.875. The predicted molar refractivity (Wildman–Crippen MR) is 49.4 cm³/mol. The number of ether oxygens (including phenoxy) is 1. The highest BCUT2D eigenvalue weighted by Gasteiger charge is 2.12. The quantitative estimate of drug-likeness (QED) is 0.483. The highest BCUT2D eigenvalue weighted by atomic mass is 28.3. The minimum absolute atomic E-state index is 0.0803. The lowest BCUT2D eigenvalue weighted by molar-refractivity contribution is -0.142. The summed E-state index contributed by atoms with van der Waals surface area (Å²) < 4.78 is 4.96. The molecule has 0 N–H and O–H groups in total. The molecule has 0 aromatic carbocycles. The summed E-state index contributed by atoms with van der Waals surface area (Å²) in [4.78, 5) is 10.7. The van der Waals surface area contributed by atoms with Gasteiger partial charge in [0.1, 0.15) is 0 Å². The molecule has 0 aromatic heterocycles. The smallest absolute Gasteiger partial charge is 0.305 e. The van der Waals surface area contributed by atoms with Crippen LogP contribution in [0.15, 0.2) is 0 Å². The Kier molecular flexibility index (Phi) is 4.41. The van der Waals surface area contributed by atoms with E-state index in [1.165, 1.54) is 0 Å². The van der Waals surface area contributed by atoms with Gasteiger partial charge in [-0.25, -0.2) is 0 Å². The van der Waals surface area contributed by atoms with Gasteiger partial charge in [0.2, 0.25) is 0 Å². The monoisotopic (exact) mass is 174 g/mol. The van der Waals surface area contributed by atoms with Gasteiger partial charge < -0.3 is 4.74 Å². The summed E-state index contributed by atoms with van der Waals surface area (Å²) in [5, 5.41) is 0. The first-order chi connectivity index (χ1) is 4.95. The molecular formula is C8H18O2Si. The van der Waals surface area contributed by atoms with Crippen LogP contribution >= 0.6 is 0 Å². The van der Waals surface area contributed by atoms with E-state index in [1.807, 2.05) is 6.92 Å². The van der Waals surface area contributed by atoms with E-state index in [1.54, 1.807) is 0 Å². The second-order valence-corrected chi connectivity index (χ2v) is 9.51. The fourth-order valence-electron chi connectivity index (χ4n) is 0.573. The van der Waals surface area contributed by atoms with Crippen LogP contribution in [0, 0.1) is 0 Å². The maximum atomic E-state index is 10.7. The van der Waals surface area contributed by atoms with Crippen molar-refractivity contribution in [1.82, 2.24) is 0 Å². The van der Waals surface area contributed by atoms with E-state index in [9.17, 15) is 4.79 Å². The summed E-state index contributed by atoms with van der Waals surface area (Å²) in [7, 11) is -1.01. The van der Waals surface area contributed by atoms with Crippen molar-refractivity contribution in [3.8, 4) is 0 Å². The van der Waals surface area contributed by atoms with E-state index in [-0.39, 0.29) is 5.97 Å². The number of carbonyl (C=O) groups is 1. The van der Waals surface area contributed by atoms with Gasteiger partial charge in [-0.3, -0.25) is 4.79 Å². The Bertz CT molecular complexity index is 127.